The molecule has 1 N–H and O–H groups in total. The smallest absolute Gasteiger partial charge is 0.226 e. The summed E-state index contributed by atoms with van der Waals surface area (Å²) >= 11 is 0. The second-order valence-corrected chi connectivity index (χ2v) is 3.70. The van der Waals surface area contributed by atoms with Crippen LogP contribution in [0.15, 0.2) is 36.7 Å². The van der Waals surface area contributed by atoms with Crippen molar-refractivity contribution in [1.82, 2.24) is 9.78 Å². The number of carbonyl (C=O) groups excluding carboxylic acids is 1. The molecule has 94 valence electrons. The lowest BCUT2D eigenvalue weighted by molar-refractivity contribution is -0.116. The van der Waals surface area contributed by atoms with Gasteiger partial charge in [0.1, 0.15) is 0 Å². The molecule has 1 amide bonds. The molecule has 0 aliphatic heterocycles. The van der Waals surface area contributed by atoms with Crippen molar-refractivity contribution < 1.29 is 13.6 Å². The lowest BCUT2D eigenvalue weighted by Gasteiger charge is -2.05. The second kappa shape index (κ2) is 5.39. The Labute approximate surface area is 102 Å². The van der Waals surface area contributed by atoms with Gasteiger partial charge < -0.3 is 5.32 Å². The zero-order valence-corrected chi connectivity index (χ0v) is 9.44. The van der Waals surface area contributed by atoms with Crippen LogP contribution in [0, 0.1) is 11.6 Å². The highest BCUT2D eigenvalue weighted by Gasteiger charge is 2.06. The van der Waals surface area contributed by atoms with Gasteiger partial charge in [-0.1, -0.05) is 0 Å². The van der Waals surface area contributed by atoms with E-state index in [1.807, 2.05) is 0 Å². The highest BCUT2D eigenvalue weighted by Crippen LogP contribution is 2.13. The third-order valence-corrected chi connectivity index (χ3v) is 2.33. The largest absolute Gasteiger partial charge is 0.326 e. The number of carbonyl (C=O) groups is 1. The van der Waals surface area contributed by atoms with Gasteiger partial charge in [-0.2, -0.15) is 5.10 Å². The number of nitrogens with one attached hydrogen (secondary N) is 1. The van der Waals surface area contributed by atoms with E-state index in [4.69, 9.17) is 0 Å². The van der Waals surface area contributed by atoms with E-state index >= 15 is 0 Å². The van der Waals surface area contributed by atoms with Crippen molar-refractivity contribution in [1.29, 1.82) is 0 Å². The maximum Gasteiger partial charge on any atom is 0.226 e. The molecule has 0 aliphatic carbocycles. The molecule has 0 aliphatic rings. The number of rotatable bonds is 4. The van der Waals surface area contributed by atoms with Crippen molar-refractivity contribution in [3.63, 3.8) is 0 Å². The van der Waals surface area contributed by atoms with E-state index in [-0.39, 0.29) is 18.0 Å². The van der Waals surface area contributed by atoms with Gasteiger partial charge >= 0.3 is 0 Å². The van der Waals surface area contributed by atoms with Gasteiger partial charge in [-0.15, -0.1) is 0 Å². The van der Waals surface area contributed by atoms with Crippen LogP contribution in [0.4, 0.5) is 14.5 Å². The average molecular weight is 251 g/mol. The van der Waals surface area contributed by atoms with Crippen molar-refractivity contribution in [2.24, 2.45) is 0 Å². The molecule has 0 unspecified atom stereocenters. The van der Waals surface area contributed by atoms with Crippen LogP contribution in [-0.4, -0.2) is 15.7 Å². The van der Waals surface area contributed by atoms with E-state index in [2.05, 4.69) is 10.4 Å². The number of benzene rings is 1. The number of amides is 1. The third-order valence-electron chi connectivity index (χ3n) is 2.33. The lowest BCUT2D eigenvalue weighted by Crippen LogP contribution is -2.14. The minimum Gasteiger partial charge on any atom is -0.326 e. The van der Waals surface area contributed by atoms with Crippen molar-refractivity contribution in [2.45, 2.75) is 13.0 Å². The van der Waals surface area contributed by atoms with Gasteiger partial charge in [0.2, 0.25) is 5.91 Å². The number of aryl methyl sites for hydroxylation is 1. The first-order valence-corrected chi connectivity index (χ1v) is 5.37. The summed E-state index contributed by atoms with van der Waals surface area (Å²) in [5.41, 5.74) is 0.236. The summed E-state index contributed by atoms with van der Waals surface area (Å²) in [6.45, 7) is 0.433. The van der Waals surface area contributed by atoms with Crippen LogP contribution in [0.2, 0.25) is 0 Å². The van der Waals surface area contributed by atoms with Crippen molar-refractivity contribution >= 4 is 11.6 Å². The maximum atomic E-state index is 12.9. The molecule has 0 radical (unpaired) electrons. The Hall–Kier alpha value is -2.24. The minimum atomic E-state index is -0.986. The highest BCUT2D eigenvalue weighted by atomic mass is 19.2. The fraction of sp³-hybridized carbons (Fsp3) is 0.167. The van der Waals surface area contributed by atoms with Crippen LogP contribution >= 0.6 is 0 Å². The molecule has 1 aromatic heterocycles. The fourth-order valence-electron chi connectivity index (χ4n) is 1.45. The van der Waals surface area contributed by atoms with Gasteiger partial charge in [0, 0.05) is 37.1 Å². The van der Waals surface area contributed by atoms with E-state index in [1.54, 1.807) is 23.1 Å². The van der Waals surface area contributed by atoms with Crippen LogP contribution < -0.4 is 5.32 Å². The second-order valence-electron chi connectivity index (χ2n) is 3.70. The summed E-state index contributed by atoms with van der Waals surface area (Å²) in [6, 6.07) is 4.98. The molecule has 6 heteroatoms. The van der Waals surface area contributed by atoms with Crippen LogP contribution in [0.25, 0.3) is 0 Å². The number of nitrogens with zero attached hydrogens (tertiary/aromatic N) is 2. The summed E-state index contributed by atoms with van der Waals surface area (Å²) in [5.74, 6) is -2.21. The predicted molar refractivity (Wildman–Crippen MR) is 61.8 cm³/mol. The summed E-state index contributed by atoms with van der Waals surface area (Å²) < 4.78 is 27.2. The number of hydrogen-bond acceptors (Lipinski definition) is 2. The molecule has 0 saturated heterocycles. The highest BCUT2D eigenvalue weighted by molar-refractivity contribution is 5.90. The first-order chi connectivity index (χ1) is 8.65. The normalized spacial score (nSPS) is 10.3. The van der Waals surface area contributed by atoms with Gasteiger partial charge in [0.25, 0.3) is 0 Å². The molecular weight excluding hydrogens is 240 g/mol. The van der Waals surface area contributed by atoms with Crippen LogP contribution in [0.3, 0.4) is 0 Å². The SMILES string of the molecule is O=C(CCn1cccn1)Nc1ccc(F)c(F)c1. The van der Waals surface area contributed by atoms with Crippen molar-refractivity contribution in [2.75, 3.05) is 5.32 Å². The summed E-state index contributed by atoms with van der Waals surface area (Å²) in [6.07, 6.45) is 3.57. The Kier molecular flexibility index (Phi) is 3.66. The van der Waals surface area contributed by atoms with Crippen LogP contribution in [0.5, 0.6) is 0 Å². The van der Waals surface area contributed by atoms with Crippen molar-refractivity contribution in [3.8, 4) is 0 Å². The monoisotopic (exact) mass is 251 g/mol. The zero-order valence-electron chi connectivity index (χ0n) is 9.44. The molecule has 18 heavy (non-hydrogen) atoms. The molecule has 0 atom stereocenters. The molecular formula is C12H11F2N3O. The number of aromatic nitrogens is 2. The Morgan fingerprint density at radius 3 is 2.83 bits per heavy atom. The Morgan fingerprint density at radius 1 is 1.33 bits per heavy atom. The van der Waals surface area contributed by atoms with Gasteiger partial charge in [-0.05, 0) is 18.2 Å². The molecule has 1 aromatic carbocycles. The standard InChI is InChI=1S/C12H11F2N3O/c13-10-3-2-9(8-11(10)14)16-12(18)4-7-17-6-1-5-15-17/h1-3,5-6,8H,4,7H2,(H,16,18). The van der Waals surface area contributed by atoms with E-state index in [1.165, 1.54) is 6.07 Å². The lowest BCUT2D eigenvalue weighted by atomic mass is 10.3. The minimum absolute atomic E-state index is 0.209. The maximum absolute atomic E-state index is 12.9. The molecule has 4 nitrogen and oxygen atoms in total. The van der Waals surface area contributed by atoms with E-state index < -0.39 is 11.6 Å². The zero-order chi connectivity index (χ0) is 13.0. The van der Waals surface area contributed by atoms with Gasteiger partial charge in [0.05, 0.1) is 0 Å². The number of anilines is 1. The first-order valence-electron chi connectivity index (χ1n) is 5.37. The van der Waals surface area contributed by atoms with Crippen LogP contribution in [0.1, 0.15) is 6.42 Å². The fourth-order valence-corrected chi connectivity index (χ4v) is 1.45. The average Bonchev–Trinajstić information content (AvgIpc) is 2.84. The first kappa shape index (κ1) is 12.2. The van der Waals surface area contributed by atoms with Gasteiger partial charge in [0.15, 0.2) is 11.6 Å². The molecule has 0 fully saturated rings. The van der Waals surface area contributed by atoms with E-state index in [0.717, 1.165) is 12.1 Å². The molecule has 0 bridgehead atoms. The van der Waals surface area contributed by atoms with Gasteiger partial charge in [-0.25, -0.2) is 8.78 Å². The number of hydrogen-bond donors (Lipinski definition) is 1. The van der Waals surface area contributed by atoms with Crippen molar-refractivity contribution in [3.05, 3.63) is 48.3 Å². The quantitative estimate of drug-likeness (QED) is 0.905. The Balaban J connectivity index is 1.88. The molecule has 2 rings (SSSR count). The summed E-state index contributed by atoms with van der Waals surface area (Å²) in [5, 5.41) is 6.43. The third kappa shape index (κ3) is 3.13. The topological polar surface area (TPSA) is 46.9 Å². The van der Waals surface area contributed by atoms with Gasteiger partial charge in [-0.3, -0.25) is 9.48 Å². The molecule has 2 aromatic rings. The molecule has 0 saturated carbocycles. The van der Waals surface area contributed by atoms with E-state index in [9.17, 15) is 13.6 Å². The predicted octanol–water partition coefficient (Wildman–Crippen LogP) is 2.19. The molecule has 1 heterocycles. The summed E-state index contributed by atoms with van der Waals surface area (Å²) in [4.78, 5) is 11.5. The van der Waals surface area contributed by atoms with Crippen LogP contribution in [-0.2, 0) is 11.3 Å². The number of halogens is 2. The Morgan fingerprint density at radius 2 is 2.17 bits per heavy atom. The molecule has 0 spiro atoms. The Bertz CT molecular complexity index is 540. The van der Waals surface area contributed by atoms with E-state index in [0.29, 0.717) is 6.54 Å². The summed E-state index contributed by atoms with van der Waals surface area (Å²) in [7, 11) is 0.